The van der Waals surface area contributed by atoms with E-state index in [1.807, 2.05) is 0 Å². The fourth-order valence-corrected chi connectivity index (χ4v) is 3.47. The number of carbonyl (C=O) groups is 1. The minimum atomic E-state index is -3.74. The van der Waals surface area contributed by atoms with Gasteiger partial charge in [0.2, 0.25) is 0 Å². The van der Waals surface area contributed by atoms with Gasteiger partial charge in [0.25, 0.3) is 10.0 Å². The van der Waals surface area contributed by atoms with Crippen molar-refractivity contribution in [3.8, 4) is 5.75 Å². The SMILES string of the molecule is CCOC(=O)COc1cc(Cl)cc(N(C)S(=O)(=O)c2ccccc2)c1. The molecule has 0 saturated carbocycles. The average molecular weight is 384 g/mol. The zero-order chi connectivity index (χ0) is 18.4. The molecule has 8 heteroatoms. The second-order valence-corrected chi connectivity index (χ2v) is 7.43. The molecular weight excluding hydrogens is 366 g/mol. The van der Waals surface area contributed by atoms with Crippen molar-refractivity contribution in [2.75, 3.05) is 24.6 Å². The molecule has 0 aromatic heterocycles. The van der Waals surface area contributed by atoms with E-state index in [-0.39, 0.29) is 28.9 Å². The molecule has 0 radical (unpaired) electrons. The fraction of sp³-hybridized carbons (Fsp3) is 0.235. The second-order valence-electron chi connectivity index (χ2n) is 5.02. The molecule has 0 aliphatic rings. The Bertz CT molecular complexity index is 839. The molecule has 0 saturated heterocycles. The highest BCUT2D eigenvalue weighted by molar-refractivity contribution is 7.92. The Morgan fingerprint density at radius 3 is 2.48 bits per heavy atom. The number of hydrogen-bond donors (Lipinski definition) is 0. The molecule has 0 unspecified atom stereocenters. The first kappa shape index (κ1) is 19.1. The Morgan fingerprint density at radius 1 is 1.16 bits per heavy atom. The Labute approximate surface area is 152 Å². The van der Waals surface area contributed by atoms with E-state index in [1.165, 1.54) is 37.4 Å². The molecule has 0 bridgehead atoms. The number of sulfonamides is 1. The quantitative estimate of drug-likeness (QED) is 0.687. The zero-order valence-electron chi connectivity index (χ0n) is 13.8. The number of esters is 1. The van der Waals surface area contributed by atoms with Gasteiger partial charge in [0.1, 0.15) is 5.75 Å². The second kappa shape index (κ2) is 8.22. The number of rotatable bonds is 7. The molecule has 0 aliphatic heterocycles. The van der Waals surface area contributed by atoms with E-state index in [0.29, 0.717) is 5.69 Å². The number of anilines is 1. The summed E-state index contributed by atoms with van der Waals surface area (Å²) in [6.45, 7) is 1.66. The lowest BCUT2D eigenvalue weighted by Crippen LogP contribution is -2.26. The van der Waals surface area contributed by atoms with E-state index in [1.54, 1.807) is 25.1 Å². The highest BCUT2D eigenvalue weighted by Crippen LogP contribution is 2.29. The summed E-state index contributed by atoms with van der Waals surface area (Å²) in [6.07, 6.45) is 0. The van der Waals surface area contributed by atoms with Crippen molar-refractivity contribution in [3.63, 3.8) is 0 Å². The molecule has 2 rings (SSSR count). The van der Waals surface area contributed by atoms with Crippen molar-refractivity contribution in [1.82, 2.24) is 0 Å². The lowest BCUT2D eigenvalue weighted by molar-refractivity contribution is -0.145. The van der Waals surface area contributed by atoms with Crippen molar-refractivity contribution in [1.29, 1.82) is 0 Å². The predicted octanol–water partition coefficient (Wildman–Crippen LogP) is 3.11. The summed E-state index contributed by atoms with van der Waals surface area (Å²) < 4.78 is 36.6. The number of carbonyl (C=O) groups excluding carboxylic acids is 1. The third kappa shape index (κ3) is 4.87. The van der Waals surface area contributed by atoms with Crippen LogP contribution in [-0.2, 0) is 19.6 Å². The summed E-state index contributed by atoms with van der Waals surface area (Å²) in [6, 6.07) is 12.5. The van der Waals surface area contributed by atoms with Crippen LogP contribution < -0.4 is 9.04 Å². The molecule has 0 heterocycles. The van der Waals surface area contributed by atoms with Crippen LogP contribution in [0.5, 0.6) is 5.75 Å². The van der Waals surface area contributed by atoms with Crippen molar-refractivity contribution in [2.45, 2.75) is 11.8 Å². The van der Waals surface area contributed by atoms with Crippen LogP contribution in [-0.4, -0.2) is 34.6 Å². The van der Waals surface area contributed by atoms with Crippen LogP contribution in [0.15, 0.2) is 53.4 Å². The molecular formula is C17H18ClNO5S. The first-order valence-corrected chi connectivity index (χ1v) is 9.29. The van der Waals surface area contributed by atoms with Crippen LogP contribution in [0.2, 0.25) is 5.02 Å². The minimum absolute atomic E-state index is 0.159. The number of hydrogen-bond acceptors (Lipinski definition) is 5. The van der Waals surface area contributed by atoms with E-state index in [0.717, 1.165) is 4.31 Å². The molecule has 134 valence electrons. The molecule has 2 aromatic rings. The number of ether oxygens (including phenoxy) is 2. The third-order valence-corrected chi connectivity index (χ3v) is 5.30. The van der Waals surface area contributed by atoms with Crippen LogP contribution in [0.1, 0.15) is 6.92 Å². The van der Waals surface area contributed by atoms with Gasteiger partial charge in [0.15, 0.2) is 6.61 Å². The Balaban J connectivity index is 2.25. The van der Waals surface area contributed by atoms with Gasteiger partial charge in [-0.3, -0.25) is 4.31 Å². The Kier molecular flexibility index (Phi) is 6.27. The first-order chi connectivity index (χ1) is 11.8. The standard InChI is InChI=1S/C17H18ClNO5S/c1-3-23-17(20)12-24-15-10-13(18)9-14(11-15)19(2)25(21,22)16-7-5-4-6-8-16/h4-11H,3,12H2,1-2H3. The molecule has 0 N–H and O–H groups in total. The zero-order valence-corrected chi connectivity index (χ0v) is 15.4. The summed E-state index contributed by atoms with van der Waals surface area (Å²) in [4.78, 5) is 11.5. The number of benzene rings is 2. The maximum atomic E-state index is 12.7. The van der Waals surface area contributed by atoms with Gasteiger partial charge < -0.3 is 9.47 Å². The lowest BCUT2D eigenvalue weighted by Gasteiger charge is -2.20. The Morgan fingerprint density at radius 2 is 1.84 bits per heavy atom. The summed E-state index contributed by atoms with van der Waals surface area (Å²) in [5, 5.41) is 0.284. The van der Waals surface area contributed by atoms with Gasteiger partial charge in [-0.2, -0.15) is 0 Å². The van der Waals surface area contributed by atoms with Gasteiger partial charge in [-0.25, -0.2) is 13.2 Å². The topological polar surface area (TPSA) is 72.9 Å². The summed E-state index contributed by atoms with van der Waals surface area (Å²) in [5.74, 6) is -0.250. The summed E-state index contributed by atoms with van der Waals surface area (Å²) in [7, 11) is -2.32. The molecule has 25 heavy (non-hydrogen) atoms. The Hall–Kier alpha value is -2.25. The summed E-state index contributed by atoms with van der Waals surface area (Å²) in [5.41, 5.74) is 0.315. The van der Waals surface area contributed by atoms with Crippen LogP contribution in [0.25, 0.3) is 0 Å². The highest BCUT2D eigenvalue weighted by Gasteiger charge is 2.22. The van der Waals surface area contributed by atoms with Gasteiger partial charge in [-0.1, -0.05) is 29.8 Å². The maximum Gasteiger partial charge on any atom is 0.344 e. The molecule has 0 spiro atoms. The molecule has 0 amide bonds. The van der Waals surface area contributed by atoms with E-state index in [2.05, 4.69) is 0 Å². The van der Waals surface area contributed by atoms with Crippen LogP contribution in [0.3, 0.4) is 0 Å². The molecule has 0 aliphatic carbocycles. The largest absolute Gasteiger partial charge is 0.482 e. The highest BCUT2D eigenvalue weighted by atomic mass is 35.5. The monoisotopic (exact) mass is 383 g/mol. The van der Waals surface area contributed by atoms with Crippen molar-refractivity contribution < 1.29 is 22.7 Å². The normalized spacial score (nSPS) is 11.0. The van der Waals surface area contributed by atoms with Gasteiger partial charge >= 0.3 is 5.97 Å². The fourth-order valence-electron chi connectivity index (χ4n) is 2.05. The van der Waals surface area contributed by atoms with Crippen LogP contribution in [0, 0.1) is 0 Å². The van der Waals surface area contributed by atoms with Gasteiger partial charge in [-0.15, -0.1) is 0 Å². The smallest absolute Gasteiger partial charge is 0.344 e. The van der Waals surface area contributed by atoms with Gasteiger partial charge in [0.05, 0.1) is 17.2 Å². The molecule has 0 atom stereocenters. The lowest BCUT2D eigenvalue weighted by atomic mass is 10.3. The van der Waals surface area contributed by atoms with Crippen molar-refractivity contribution in [2.24, 2.45) is 0 Å². The molecule has 2 aromatic carbocycles. The van der Waals surface area contributed by atoms with E-state index >= 15 is 0 Å². The average Bonchev–Trinajstić information content (AvgIpc) is 2.60. The summed E-state index contributed by atoms with van der Waals surface area (Å²) >= 11 is 6.05. The van der Waals surface area contributed by atoms with Gasteiger partial charge in [0, 0.05) is 18.1 Å². The van der Waals surface area contributed by atoms with Crippen LogP contribution >= 0.6 is 11.6 Å². The first-order valence-electron chi connectivity index (χ1n) is 7.47. The molecule has 6 nitrogen and oxygen atoms in total. The van der Waals surface area contributed by atoms with Crippen LogP contribution in [0.4, 0.5) is 5.69 Å². The van der Waals surface area contributed by atoms with E-state index < -0.39 is 16.0 Å². The minimum Gasteiger partial charge on any atom is -0.482 e. The number of halogens is 1. The van der Waals surface area contributed by atoms with Crippen molar-refractivity contribution >= 4 is 33.3 Å². The molecule has 0 fully saturated rings. The maximum absolute atomic E-state index is 12.7. The van der Waals surface area contributed by atoms with E-state index in [9.17, 15) is 13.2 Å². The van der Waals surface area contributed by atoms with E-state index in [4.69, 9.17) is 21.1 Å². The van der Waals surface area contributed by atoms with Crippen molar-refractivity contribution in [3.05, 3.63) is 53.6 Å². The third-order valence-electron chi connectivity index (χ3n) is 3.28. The number of nitrogens with zero attached hydrogens (tertiary/aromatic N) is 1. The van der Waals surface area contributed by atoms with Gasteiger partial charge in [-0.05, 0) is 31.2 Å². The predicted molar refractivity (Wildman–Crippen MR) is 95.6 cm³/mol.